The van der Waals surface area contributed by atoms with Crippen molar-refractivity contribution in [1.82, 2.24) is 0 Å². The Labute approximate surface area is 85.1 Å². The highest BCUT2D eigenvalue weighted by molar-refractivity contribution is 5.88. The first-order valence-corrected chi connectivity index (χ1v) is 5.60. The topological polar surface area (TPSA) is 34.1 Å². The van der Waals surface area contributed by atoms with E-state index in [1.54, 1.807) is 6.92 Å². The van der Waals surface area contributed by atoms with Crippen LogP contribution in [0.3, 0.4) is 0 Å². The molecule has 0 N–H and O–H groups in total. The van der Waals surface area contributed by atoms with Crippen molar-refractivity contribution < 1.29 is 9.59 Å². The van der Waals surface area contributed by atoms with Gasteiger partial charge in [-0.05, 0) is 31.6 Å². The SMILES string of the molecule is CC(=O)[C@@]12CCC[C@@H]1CC(=O)C[C@H]2C. The Hall–Kier alpha value is -0.660. The van der Waals surface area contributed by atoms with Gasteiger partial charge in [0.2, 0.25) is 0 Å². The molecule has 2 rings (SSSR count). The molecule has 3 atom stereocenters. The smallest absolute Gasteiger partial charge is 0.136 e. The summed E-state index contributed by atoms with van der Waals surface area (Å²) in [5.41, 5.74) is -0.131. The summed E-state index contributed by atoms with van der Waals surface area (Å²) in [4.78, 5) is 23.3. The summed E-state index contributed by atoms with van der Waals surface area (Å²) in [5.74, 6) is 1.31. The molecule has 0 aromatic rings. The maximum Gasteiger partial charge on any atom is 0.136 e. The Bertz CT molecular complexity index is 282. The average molecular weight is 194 g/mol. The Morgan fingerprint density at radius 2 is 2.14 bits per heavy atom. The fourth-order valence-electron chi connectivity index (χ4n) is 3.73. The average Bonchev–Trinajstić information content (AvgIpc) is 2.48. The highest BCUT2D eigenvalue weighted by Crippen LogP contribution is 2.54. The van der Waals surface area contributed by atoms with E-state index in [-0.39, 0.29) is 11.3 Å². The summed E-state index contributed by atoms with van der Waals surface area (Å²) < 4.78 is 0. The molecule has 0 aliphatic heterocycles. The van der Waals surface area contributed by atoms with Crippen LogP contribution >= 0.6 is 0 Å². The van der Waals surface area contributed by atoms with E-state index in [4.69, 9.17) is 0 Å². The van der Waals surface area contributed by atoms with Gasteiger partial charge in [0.25, 0.3) is 0 Å². The van der Waals surface area contributed by atoms with Crippen molar-refractivity contribution in [2.24, 2.45) is 17.3 Å². The Morgan fingerprint density at radius 3 is 2.79 bits per heavy atom. The lowest BCUT2D eigenvalue weighted by atomic mass is 9.60. The molecule has 0 radical (unpaired) electrons. The molecule has 2 aliphatic carbocycles. The van der Waals surface area contributed by atoms with Gasteiger partial charge in [0.15, 0.2) is 0 Å². The summed E-state index contributed by atoms with van der Waals surface area (Å²) in [6.07, 6.45) is 4.50. The van der Waals surface area contributed by atoms with Gasteiger partial charge in [-0.1, -0.05) is 13.3 Å². The van der Waals surface area contributed by atoms with E-state index in [2.05, 4.69) is 6.92 Å². The molecule has 0 spiro atoms. The molecule has 0 aromatic heterocycles. The van der Waals surface area contributed by atoms with E-state index in [1.165, 1.54) is 0 Å². The van der Waals surface area contributed by atoms with Gasteiger partial charge in [0.05, 0.1) is 0 Å². The normalized spacial score (nSPS) is 42.3. The summed E-state index contributed by atoms with van der Waals surface area (Å²) in [5, 5.41) is 0. The number of ketones is 2. The monoisotopic (exact) mass is 194 g/mol. The third-order valence-electron chi connectivity index (χ3n) is 4.41. The molecule has 0 saturated heterocycles. The molecule has 2 aliphatic rings. The van der Waals surface area contributed by atoms with Crippen LogP contribution in [0.4, 0.5) is 0 Å². The van der Waals surface area contributed by atoms with Crippen molar-refractivity contribution >= 4 is 11.6 Å². The number of carbonyl (C=O) groups is 2. The molecular formula is C12H18O2. The molecule has 0 heterocycles. The molecule has 2 nitrogen and oxygen atoms in total. The highest BCUT2D eigenvalue weighted by Gasteiger charge is 2.53. The lowest BCUT2D eigenvalue weighted by Crippen LogP contribution is -2.44. The zero-order valence-electron chi connectivity index (χ0n) is 9.01. The number of hydrogen-bond donors (Lipinski definition) is 0. The van der Waals surface area contributed by atoms with E-state index in [0.717, 1.165) is 19.3 Å². The minimum atomic E-state index is -0.131. The molecular weight excluding hydrogens is 176 g/mol. The van der Waals surface area contributed by atoms with Crippen LogP contribution < -0.4 is 0 Å². The van der Waals surface area contributed by atoms with E-state index in [0.29, 0.717) is 30.3 Å². The first-order chi connectivity index (χ1) is 6.57. The molecule has 2 fully saturated rings. The van der Waals surface area contributed by atoms with Crippen LogP contribution in [-0.4, -0.2) is 11.6 Å². The lowest BCUT2D eigenvalue weighted by molar-refractivity contribution is -0.139. The molecule has 0 bridgehead atoms. The van der Waals surface area contributed by atoms with Crippen LogP contribution in [0, 0.1) is 17.3 Å². The molecule has 14 heavy (non-hydrogen) atoms. The predicted octanol–water partition coefficient (Wildman–Crippen LogP) is 2.36. The van der Waals surface area contributed by atoms with Crippen molar-refractivity contribution in [1.29, 1.82) is 0 Å². The van der Waals surface area contributed by atoms with Crippen molar-refractivity contribution in [3.05, 3.63) is 0 Å². The summed E-state index contributed by atoms with van der Waals surface area (Å²) in [7, 11) is 0. The van der Waals surface area contributed by atoms with Crippen molar-refractivity contribution in [3.63, 3.8) is 0 Å². The van der Waals surface area contributed by atoms with Crippen LogP contribution in [0.15, 0.2) is 0 Å². The second-order valence-electron chi connectivity index (χ2n) is 5.03. The van der Waals surface area contributed by atoms with Crippen molar-refractivity contribution in [3.8, 4) is 0 Å². The van der Waals surface area contributed by atoms with Gasteiger partial charge in [-0.3, -0.25) is 9.59 Å². The van der Waals surface area contributed by atoms with Crippen LogP contribution in [0.5, 0.6) is 0 Å². The zero-order valence-corrected chi connectivity index (χ0v) is 9.01. The maximum absolute atomic E-state index is 11.8. The van der Waals surface area contributed by atoms with Gasteiger partial charge in [-0.15, -0.1) is 0 Å². The maximum atomic E-state index is 11.8. The van der Waals surface area contributed by atoms with Gasteiger partial charge in [0.1, 0.15) is 11.6 Å². The highest BCUT2D eigenvalue weighted by atomic mass is 16.1. The summed E-state index contributed by atoms with van der Waals surface area (Å²) in [6.45, 7) is 3.79. The largest absolute Gasteiger partial charge is 0.300 e. The quantitative estimate of drug-likeness (QED) is 0.642. The predicted molar refractivity (Wildman–Crippen MR) is 53.9 cm³/mol. The minimum Gasteiger partial charge on any atom is -0.300 e. The summed E-state index contributed by atoms with van der Waals surface area (Å²) in [6, 6.07) is 0. The van der Waals surface area contributed by atoms with Crippen LogP contribution in [-0.2, 0) is 9.59 Å². The van der Waals surface area contributed by atoms with Crippen molar-refractivity contribution in [2.45, 2.75) is 46.0 Å². The third-order valence-corrected chi connectivity index (χ3v) is 4.41. The number of carbonyl (C=O) groups excluding carboxylic acids is 2. The molecule has 78 valence electrons. The molecule has 0 aromatic carbocycles. The van der Waals surface area contributed by atoms with Crippen LogP contribution in [0.25, 0.3) is 0 Å². The van der Waals surface area contributed by atoms with E-state index in [9.17, 15) is 9.59 Å². The Kier molecular flexibility index (Phi) is 2.24. The molecule has 2 saturated carbocycles. The van der Waals surface area contributed by atoms with Crippen LogP contribution in [0.1, 0.15) is 46.0 Å². The number of hydrogen-bond acceptors (Lipinski definition) is 2. The van der Waals surface area contributed by atoms with Gasteiger partial charge >= 0.3 is 0 Å². The van der Waals surface area contributed by atoms with Gasteiger partial charge in [-0.2, -0.15) is 0 Å². The second-order valence-corrected chi connectivity index (χ2v) is 5.03. The first-order valence-electron chi connectivity index (χ1n) is 5.60. The molecule has 0 amide bonds. The fourth-order valence-corrected chi connectivity index (χ4v) is 3.73. The summed E-state index contributed by atoms with van der Waals surface area (Å²) >= 11 is 0. The van der Waals surface area contributed by atoms with Crippen LogP contribution in [0.2, 0.25) is 0 Å². The van der Waals surface area contributed by atoms with E-state index in [1.807, 2.05) is 0 Å². The van der Waals surface area contributed by atoms with Gasteiger partial charge in [-0.25, -0.2) is 0 Å². The zero-order chi connectivity index (χ0) is 10.3. The lowest BCUT2D eigenvalue weighted by Gasteiger charge is -2.42. The Balaban J connectivity index is 2.35. The van der Waals surface area contributed by atoms with E-state index >= 15 is 0 Å². The standard InChI is InChI=1S/C12H18O2/c1-8-6-11(14)7-10-4-3-5-12(8,10)9(2)13/h8,10H,3-7H2,1-2H3/t8-,10-,12+/m1/s1. The number of fused-ring (bicyclic) bond motifs is 1. The van der Waals surface area contributed by atoms with E-state index < -0.39 is 0 Å². The third kappa shape index (κ3) is 1.16. The fraction of sp³-hybridized carbons (Fsp3) is 0.833. The Morgan fingerprint density at radius 1 is 1.43 bits per heavy atom. The number of Topliss-reactive ketones (excluding diaryl/α,β-unsaturated/α-hetero) is 2. The second kappa shape index (κ2) is 3.18. The first kappa shape index (κ1) is 9.88. The van der Waals surface area contributed by atoms with Crippen molar-refractivity contribution in [2.75, 3.05) is 0 Å². The number of rotatable bonds is 1. The molecule has 2 heteroatoms. The minimum absolute atomic E-state index is 0.131. The molecule has 0 unspecified atom stereocenters. The van der Waals surface area contributed by atoms with Gasteiger partial charge in [0, 0.05) is 18.3 Å². The van der Waals surface area contributed by atoms with Gasteiger partial charge < -0.3 is 0 Å².